The van der Waals surface area contributed by atoms with Crippen LogP contribution in [0.5, 0.6) is 11.5 Å². The van der Waals surface area contributed by atoms with Crippen LogP contribution in [-0.4, -0.2) is 44.2 Å². The van der Waals surface area contributed by atoms with Crippen molar-refractivity contribution in [1.29, 1.82) is 0 Å². The molecule has 0 aromatic heterocycles. The molecule has 2 aromatic carbocycles. The number of halogens is 2. The van der Waals surface area contributed by atoms with Gasteiger partial charge in [0.25, 0.3) is 5.91 Å². The fraction of sp³-hybridized carbons (Fsp3) is 0.316. The highest BCUT2D eigenvalue weighted by molar-refractivity contribution is 5.95. The van der Waals surface area contributed by atoms with Gasteiger partial charge in [-0.05, 0) is 24.3 Å². The van der Waals surface area contributed by atoms with Crippen LogP contribution in [0.3, 0.4) is 0 Å². The Bertz CT molecular complexity index is 770. The number of para-hydroxylation sites is 1. The van der Waals surface area contributed by atoms with Crippen LogP contribution in [0.1, 0.15) is 22.0 Å². The molecule has 3 rings (SSSR count). The van der Waals surface area contributed by atoms with E-state index in [4.69, 9.17) is 4.74 Å². The molecule has 0 bridgehead atoms. The van der Waals surface area contributed by atoms with Gasteiger partial charge in [0, 0.05) is 30.8 Å². The van der Waals surface area contributed by atoms with Crippen LogP contribution in [0, 0.1) is 0 Å². The third-order valence-corrected chi connectivity index (χ3v) is 4.31. The Kier molecular flexibility index (Phi) is 5.68. The fourth-order valence-electron chi connectivity index (χ4n) is 3.14. The summed E-state index contributed by atoms with van der Waals surface area (Å²) in [5, 5.41) is 3.29. The monoisotopic (exact) mass is 362 g/mol. The van der Waals surface area contributed by atoms with Crippen LogP contribution in [0.25, 0.3) is 0 Å². The zero-order valence-corrected chi connectivity index (χ0v) is 14.3. The number of hydrogen-bond acceptors (Lipinski definition) is 4. The van der Waals surface area contributed by atoms with E-state index in [-0.39, 0.29) is 17.7 Å². The van der Waals surface area contributed by atoms with E-state index in [1.807, 2.05) is 24.3 Å². The number of carbonyl (C=O) groups excluding carboxylic acids is 1. The maximum absolute atomic E-state index is 13.0. The number of methoxy groups -OCH3 is 1. The van der Waals surface area contributed by atoms with Crippen molar-refractivity contribution in [1.82, 2.24) is 10.2 Å². The van der Waals surface area contributed by atoms with Gasteiger partial charge < -0.3 is 19.7 Å². The Morgan fingerprint density at radius 3 is 2.81 bits per heavy atom. The van der Waals surface area contributed by atoms with Crippen LogP contribution in [0.15, 0.2) is 48.5 Å². The minimum atomic E-state index is -2.93. The fourth-order valence-corrected chi connectivity index (χ4v) is 3.14. The largest absolute Gasteiger partial charge is 0.496 e. The van der Waals surface area contributed by atoms with Gasteiger partial charge in [0.2, 0.25) is 0 Å². The summed E-state index contributed by atoms with van der Waals surface area (Å²) < 4.78 is 34.7. The first-order valence-electron chi connectivity index (χ1n) is 8.29. The highest BCUT2D eigenvalue weighted by atomic mass is 19.3. The maximum atomic E-state index is 13.0. The number of nitrogens with zero attached hydrogens (tertiary/aromatic N) is 1. The number of rotatable bonds is 5. The van der Waals surface area contributed by atoms with Crippen molar-refractivity contribution in [2.24, 2.45) is 0 Å². The predicted octanol–water partition coefficient (Wildman–Crippen LogP) is 3.08. The molecule has 138 valence electrons. The lowest BCUT2D eigenvalue weighted by Gasteiger charge is -2.37. The SMILES string of the molecule is COc1ccccc1C1CNCCN1C(=O)c1cccc(OC(F)F)c1. The second kappa shape index (κ2) is 8.14. The molecule has 0 saturated carbocycles. The van der Waals surface area contributed by atoms with E-state index in [0.717, 1.165) is 5.56 Å². The molecule has 2 aromatic rings. The molecule has 1 aliphatic heterocycles. The van der Waals surface area contributed by atoms with Gasteiger partial charge in [-0.15, -0.1) is 0 Å². The first kappa shape index (κ1) is 18.1. The van der Waals surface area contributed by atoms with E-state index in [1.54, 1.807) is 18.1 Å². The molecule has 1 fully saturated rings. The first-order chi connectivity index (χ1) is 12.6. The van der Waals surface area contributed by atoms with Crippen molar-refractivity contribution in [3.63, 3.8) is 0 Å². The molecule has 0 radical (unpaired) electrons. The number of hydrogen-bond donors (Lipinski definition) is 1. The van der Waals surface area contributed by atoms with Gasteiger partial charge in [-0.2, -0.15) is 8.78 Å². The summed E-state index contributed by atoms with van der Waals surface area (Å²) >= 11 is 0. The molecule has 1 saturated heterocycles. The van der Waals surface area contributed by atoms with E-state index >= 15 is 0 Å². The Labute approximate surface area is 150 Å². The summed E-state index contributed by atoms with van der Waals surface area (Å²) in [7, 11) is 1.59. The number of ether oxygens (including phenoxy) is 2. The van der Waals surface area contributed by atoms with Gasteiger partial charge >= 0.3 is 6.61 Å². The van der Waals surface area contributed by atoms with Crippen LogP contribution >= 0.6 is 0 Å². The number of carbonyl (C=O) groups is 1. The standard InChI is InChI=1S/C19H20F2N2O3/c1-25-17-8-3-2-7-15(17)16-12-22-9-10-23(16)18(24)13-5-4-6-14(11-13)26-19(20)21/h2-8,11,16,19,22H,9-10,12H2,1H3. The molecule has 1 N–H and O–H groups in total. The van der Waals surface area contributed by atoms with E-state index in [9.17, 15) is 13.6 Å². The number of piperazine rings is 1. The number of amides is 1. The zero-order valence-electron chi connectivity index (χ0n) is 14.3. The van der Waals surface area contributed by atoms with Crippen LogP contribution in [0.4, 0.5) is 8.78 Å². The Balaban J connectivity index is 1.89. The summed E-state index contributed by atoms with van der Waals surface area (Å²) in [6.07, 6.45) is 0. The van der Waals surface area contributed by atoms with E-state index in [2.05, 4.69) is 10.1 Å². The molecule has 1 heterocycles. The lowest BCUT2D eigenvalue weighted by atomic mass is 10.0. The Hall–Kier alpha value is -2.67. The molecule has 5 nitrogen and oxygen atoms in total. The van der Waals surface area contributed by atoms with Crippen molar-refractivity contribution in [2.75, 3.05) is 26.7 Å². The molecular formula is C19H20F2N2O3. The average Bonchev–Trinajstić information content (AvgIpc) is 2.67. The van der Waals surface area contributed by atoms with Crippen molar-refractivity contribution in [3.8, 4) is 11.5 Å². The van der Waals surface area contributed by atoms with Gasteiger partial charge in [-0.1, -0.05) is 24.3 Å². The number of nitrogens with one attached hydrogen (secondary N) is 1. The number of benzene rings is 2. The Morgan fingerprint density at radius 2 is 2.04 bits per heavy atom. The van der Waals surface area contributed by atoms with Crippen molar-refractivity contribution >= 4 is 5.91 Å². The molecule has 1 aliphatic rings. The first-order valence-corrected chi connectivity index (χ1v) is 8.29. The normalized spacial score (nSPS) is 17.2. The summed E-state index contributed by atoms with van der Waals surface area (Å²) in [5.74, 6) is 0.436. The topological polar surface area (TPSA) is 50.8 Å². The smallest absolute Gasteiger partial charge is 0.387 e. The van der Waals surface area contributed by atoms with Crippen molar-refractivity contribution in [2.45, 2.75) is 12.7 Å². The van der Waals surface area contributed by atoms with E-state index in [0.29, 0.717) is 30.9 Å². The van der Waals surface area contributed by atoms with Gasteiger partial charge in [0.15, 0.2) is 0 Å². The molecule has 26 heavy (non-hydrogen) atoms. The zero-order chi connectivity index (χ0) is 18.5. The highest BCUT2D eigenvalue weighted by Crippen LogP contribution is 2.31. The summed E-state index contributed by atoms with van der Waals surface area (Å²) in [6.45, 7) is -1.19. The van der Waals surface area contributed by atoms with E-state index in [1.165, 1.54) is 18.2 Å². The van der Waals surface area contributed by atoms with Gasteiger partial charge in [-0.3, -0.25) is 4.79 Å². The van der Waals surface area contributed by atoms with Crippen molar-refractivity contribution < 1.29 is 23.0 Å². The van der Waals surface area contributed by atoms with Gasteiger partial charge in [0.1, 0.15) is 11.5 Å². The van der Waals surface area contributed by atoms with Crippen LogP contribution in [0.2, 0.25) is 0 Å². The lowest BCUT2D eigenvalue weighted by Crippen LogP contribution is -2.48. The highest BCUT2D eigenvalue weighted by Gasteiger charge is 2.30. The molecule has 0 aliphatic carbocycles. The maximum Gasteiger partial charge on any atom is 0.387 e. The quantitative estimate of drug-likeness (QED) is 0.888. The molecule has 1 atom stereocenters. The molecule has 1 amide bonds. The number of alkyl halides is 2. The van der Waals surface area contributed by atoms with E-state index < -0.39 is 6.61 Å². The molecular weight excluding hydrogens is 342 g/mol. The second-order valence-corrected chi connectivity index (χ2v) is 5.87. The summed E-state index contributed by atoms with van der Waals surface area (Å²) in [5.41, 5.74) is 1.21. The minimum Gasteiger partial charge on any atom is -0.496 e. The molecule has 7 heteroatoms. The van der Waals surface area contributed by atoms with Crippen LogP contribution in [-0.2, 0) is 0 Å². The van der Waals surface area contributed by atoms with Gasteiger partial charge in [-0.25, -0.2) is 0 Å². The minimum absolute atomic E-state index is 0.0326. The average molecular weight is 362 g/mol. The molecule has 1 unspecified atom stereocenters. The summed E-state index contributed by atoms with van der Waals surface area (Å²) in [4.78, 5) is 14.8. The molecule has 0 spiro atoms. The Morgan fingerprint density at radius 1 is 1.23 bits per heavy atom. The van der Waals surface area contributed by atoms with Gasteiger partial charge in [0.05, 0.1) is 13.2 Å². The lowest BCUT2D eigenvalue weighted by molar-refractivity contribution is -0.0499. The second-order valence-electron chi connectivity index (χ2n) is 5.87. The van der Waals surface area contributed by atoms with Crippen LogP contribution < -0.4 is 14.8 Å². The third-order valence-electron chi connectivity index (χ3n) is 4.31. The predicted molar refractivity (Wildman–Crippen MR) is 92.7 cm³/mol. The summed E-state index contributed by atoms with van der Waals surface area (Å²) in [6, 6.07) is 13.2. The van der Waals surface area contributed by atoms with Crippen molar-refractivity contribution in [3.05, 3.63) is 59.7 Å². The third kappa shape index (κ3) is 3.94.